The van der Waals surface area contributed by atoms with Crippen LogP contribution in [0.2, 0.25) is 0 Å². The molecule has 0 unspecified atom stereocenters. The first-order chi connectivity index (χ1) is 8.63. The molecule has 18 heavy (non-hydrogen) atoms. The topological polar surface area (TPSA) is 81.1 Å². The number of carbonyl (C=O) groups is 1. The van der Waals surface area contributed by atoms with Crippen molar-refractivity contribution in [2.75, 3.05) is 27.2 Å². The molecule has 1 amide bonds. The summed E-state index contributed by atoms with van der Waals surface area (Å²) >= 11 is 0. The highest BCUT2D eigenvalue weighted by atomic mass is 16.1. The quantitative estimate of drug-likeness (QED) is 0.362. The summed E-state index contributed by atoms with van der Waals surface area (Å²) in [6, 6.07) is 6.61. The summed E-state index contributed by atoms with van der Waals surface area (Å²) in [6.45, 7) is 1.56. The zero-order chi connectivity index (χ0) is 13.4. The lowest BCUT2D eigenvalue weighted by Gasteiger charge is -2.10. The first kappa shape index (κ1) is 14.0. The van der Waals surface area contributed by atoms with Crippen LogP contribution in [0.25, 0.3) is 10.4 Å². The molecule has 0 bridgehead atoms. The average Bonchev–Trinajstić information content (AvgIpc) is 2.35. The van der Waals surface area contributed by atoms with E-state index in [0.717, 1.165) is 13.0 Å². The molecule has 0 saturated carbocycles. The number of carbonyl (C=O) groups excluding carboxylic acids is 1. The van der Waals surface area contributed by atoms with E-state index in [1.165, 1.54) is 0 Å². The van der Waals surface area contributed by atoms with Crippen LogP contribution in [0.15, 0.2) is 29.4 Å². The Bertz CT molecular complexity index is 452. The second kappa shape index (κ2) is 7.32. The van der Waals surface area contributed by atoms with Crippen molar-refractivity contribution >= 4 is 11.6 Å². The minimum atomic E-state index is -0.149. The van der Waals surface area contributed by atoms with Gasteiger partial charge in [-0.2, -0.15) is 0 Å². The molecule has 0 aliphatic carbocycles. The number of rotatable bonds is 6. The van der Waals surface area contributed by atoms with Crippen molar-refractivity contribution in [3.05, 3.63) is 40.3 Å². The molecule has 6 heteroatoms. The minimum Gasteiger partial charge on any atom is -0.352 e. The number of amides is 1. The monoisotopic (exact) mass is 247 g/mol. The van der Waals surface area contributed by atoms with E-state index in [2.05, 4.69) is 20.2 Å². The van der Waals surface area contributed by atoms with E-state index >= 15 is 0 Å². The Morgan fingerprint density at radius 1 is 1.50 bits per heavy atom. The molecule has 0 aliphatic heterocycles. The van der Waals surface area contributed by atoms with Crippen LogP contribution in [-0.2, 0) is 0 Å². The van der Waals surface area contributed by atoms with Crippen molar-refractivity contribution in [3.63, 3.8) is 0 Å². The zero-order valence-corrected chi connectivity index (χ0v) is 10.6. The van der Waals surface area contributed by atoms with E-state index in [-0.39, 0.29) is 5.91 Å². The summed E-state index contributed by atoms with van der Waals surface area (Å²) in [4.78, 5) is 16.5. The fraction of sp³-hybridized carbons (Fsp3) is 0.417. The number of benzene rings is 1. The van der Waals surface area contributed by atoms with Gasteiger partial charge in [0.1, 0.15) is 0 Å². The van der Waals surface area contributed by atoms with Gasteiger partial charge in [0.25, 0.3) is 5.91 Å². The van der Waals surface area contributed by atoms with Crippen molar-refractivity contribution in [2.45, 2.75) is 6.42 Å². The van der Waals surface area contributed by atoms with Gasteiger partial charge in [-0.25, -0.2) is 0 Å². The van der Waals surface area contributed by atoms with Crippen LogP contribution in [0.5, 0.6) is 0 Å². The van der Waals surface area contributed by atoms with E-state index < -0.39 is 0 Å². The predicted octanol–water partition coefficient (Wildman–Crippen LogP) is 2.31. The Morgan fingerprint density at radius 2 is 2.28 bits per heavy atom. The fourth-order valence-corrected chi connectivity index (χ4v) is 1.46. The smallest absolute Gasteiger partial charge is 0.251 e. The van der Waals surface area contributed by atoms with Crippen LogP contribution in [0.3, 0.4) is 0 Å². The first-order valence-corrected chi connectivity index (χ1v) is 5.71. The predicted molar refractivity (Wildman–Crippen MR) is 70.8 cm³/mol. The third-order valence-electron chi connectivity index (χ3n) is 2.34. The van der Waals surface area contributed by atoms with Crippen LogP contribution >= 0.6 is 0 Å². The molecule has 0 radical (unpaired) electrons. The van der Waals surface area contributed by atoms with Gasteiger partial charge in [-0.1, -0.05) is 17.2 Å². The Morgan fingerprint density at radius 3 is 2.94 bits per heavy atom. The molecule has 0 heterocycles. The van der Waals surface area contributed by atoms with Gasteiger partial charge >= 0.3 is 0 Å². The van der Waals surface area contributed by atoms with E-state index in [0.29, 0.717) is 17.8 Å². The number of hydrogen-bond donors (Lipinski definition) is 1. The number of hydrogen-bond acceptors (Lipinski definition) is 3. The molecule has 1 aromatic carbocycles. The second-order valence-corrected chi connectivity index (χ2v) is 4.15. The van der Waals surface area contributed by atoms with Crippen LogP contribution in [0.1, 0.15) is 16.8 Å². The molecule has 0 aliphatic rings. The standard InChI is InChI=1S/C12H17N5O/c1-17(2)8-4-7-14-12(18)10-5-3-6-11(9-10)15-16-13/h3,5-6,9H,4,7-8H2,1-2H3,(H,14,18). The molecule has 0 aromatic heterocycles. The van der Waals surface area contributed by atoms with E-state index in [1.54, 1.807) is 24.3 Å². The Kier molecular flexibility index (Phi) is 5.70. The van der Waals surface area contributed by atoms with Crippen molar-refractivity contribution in [3.8, 4) is 0 Å². The van der Waals surface area contributed by atoms with Crippen molar-refractivity contribution < 1.29 is 4.79 Å². The largest absolute Gasteiger partial charge is 0.352 e. The Balaban J connectivity index is 2.51. The normalized spacial score (nSPS) is 9.94. The molecule has 0 atom stereocenters. The van der Waals surface area contributed by atoms with Gasteiger partial charge in [0.05, 0.1) is 0 Å². The van der Waals surface area contributed by atoms with E-state index in [4.69, 9.17) is 5.53 Å². The Hall–Kier alpha value is -2.04. The molecular formula is C12H17N5O. The number of nitrogens with one attached hydrogen (secondary N) is 1. The second-order valence-electron chi connectivity index (χ2n) is 4.15. The van der Waals surface area contributed by atoms with Crippen molar-refractivity contribution in [1.82, 2.24) is 10.2 Å². The van der Waals surface area contributed by atoms with Crippen LogP contribution in [0.4, 0.5) is 5.69 Å². The lowest BCUT2D eigenvalue weighted by molar-refractivity contribution is 0.0952. The third-order valence-corrected chi connectivity index (χ3v) is 2.34. The van der Waals surface area contributed by atoms with Crippen LogP contribution < -0.4 is 5.32 Å². The summed E-state index contributed by atoms with van der Waals surface area (Å²) in [5.41, 5.74) is 9.28. The van der Waals surface area contributed by atoms with Gasteiger partial charge in [0.15, 0.2) is 0 Å². The minimum absolute atomic E-state index is 0.149. The summed E-state index contributed by atoms with van der Waals surface area (Å²) in [5.74, 6) is -0.149. The number of nitrogens with zero attached hydrogens (tertiary/aromatic N) is 4. The van der Waals surface area contributed by atoms with Crippen LogP contribution in [-0.4, -0.2) is 38.0 Å². The zero-order valence-electron chi connectivity index (χ0n) is 10.6. The Labute approximate surface area is 106 Å². The van der Waals surface area contributed by atoms with Gasteiger partial charge in [-0.05, 0) is 44.7 Å². The van der Waals surface area contributed by atoms with Gasteiger partial charge in [0, 0.05) is 22.7 Å². The molecule has 0 saturated heterocycles. The van der Waals surface area contributed by atoms with Crippen molar-refractivity contribution in [2.24, 2.45) is 5.11 Å². The molecule has 1 rings (SSSR count). The molecule has 96 valence electrons. The van der Waals surface area contributed by atoms with Gasteiger partial charge in [-0.3, -0.25) is 4.79 Å². The first-order valence-electron chi connectivity index (χ1n) is 5.71. The lowest BCUT2D eigenvalue weighted by Crippen LogP contribution is -2.27. The molecule has 6 nitrogen and oxygen atoms in total. The fourth-order valence-electron chi connectivity index (χ4n) is 1.46. The summed E-state index contributed by atoms with van der Waals surface area (Å²) in [6.07, 6.45) is 0.898. The van der Waals surface area contributed by atoms with Gasteiger partial charge in [0.2, 0.25) is 0 Å². The molecule has 0 spiro atoms. The maximum atomic E-state index is 11.8. The maximum absolute atomic E-state index is 11.8. The SMILES string of the molecule is CN(C)CCCNC(=O)c1cccc(N=[N+]=[N-])c1. The van der Waals surface area contributed by atoms with Crippen LogP contribution in [0, 0.1) is 0 Å². The number of azide groups is 1. The highest BCUT2D eigenvalue weighted by molar-refractivity contribution is 5.94. The van der Waals surface area contributed by atoms with Gasteiger partial charge < -0.3 is 10.2 Å². The molecular weight excluding hydrogens is 230 g/mol. The highest BCUT2D eigenvalue weighted by Gasteiger charge is 2.04. The summed E-state index contributed by atoms with van der Waals surface area (Å²) < 4.78 is 0. The van der Waals surface area contributed by atoms with Gasteiger partial charge in [-0.15, -0.1) is 0 Å². The molecule has 1 N–H and O–H groups in total. The maximum Gasteiger partial charge on any atom is 0.251 e. The van der Waals surface area contributed by atoms with E-state index in [1.807, 2.05) is 14.1 Å². The molecule has 1 aromatic rings. The average molecular weight is 247 g/mol. The highest BCUT2D eigenvalue weighted by Crippen LogP contribution is 2.13. The summed E-state index contributed by atoms with van der Waals surface area (Å²) in [7, 11) is 3.98. The van der Waals surface area contributed by atoms with Crippen molar-refractivity contribution in [1.29, 1.82) is 0 Å². The lowest BCUT2D eigenvalue weighted by atomic mass is 10.2. The van der Waals surface area contributed by atoms with E-state index in [9.17, 15) is 4.79 Å². The summed E-state index contributed by atoms with van der Waals surface area (Å²) in [5, 5.41) is 6.29. The molecule has 0 fully saturated rings. The third kappa shape index (κ3) is 4.86.